The van der Waals surface area contributed by atoms with Gasteiger partial charge in [-0.05, 0) is 19.3 Å². The SMILES string of the molecule is NC(=O)CC[C@H](NNNC(CCCCC(=O)O)C(=O)O)C(=O)O. The van der Waals surface area contributed by atoms with Gasteiger partial charge in [-0.25, -0.2) is 10.9 Å². The molecular formula is C12H22N4O7. The predicted molar refractivity (Wildman–Crippen MR) is 76.8 cm³/mol. The summed E-state index contributed by atoms with van der Waals surface area (Å²) in [6.45, 7) is 0. The summed E-state index contributed by atoms with van der Waals surface area (Å²) in [7, 11) is 0. The molecule has 11 heteroatoms. The summed E-state index contributed by atoms with van der Waals surface area (Å²) >= 11 is 0. The van der Waals surface area contributed by atoms with Crippen LogP contribution in [0.15, 0.2) is 0 Å². The van der Waals surface area contributed by atoms with Crippen LogP contribution < -0.4 is 22.1 Å². The maximum atomic E-state index is 11.0. The molecule has 23 heavy (non-hydrogen) atoms. The fraction of sp³-hybridized carbons (Fsp3) is 0.667. The number of nitrogens with one attached hydrogen (secondary N) is 3. The van der Waals surface area contributed by atoms with E-state index in [0.717, 1.165) is 0 Å². The first-order valence-corrected chi connectivity index (χ1v) is 6.95. The van der Waals surface area contributed by atoms with Crippen LogP contribution in [0, 0.1) is 0 Å². The fourth-order valence-electron chi connectivity index (χ4n) is 1.64. The quantitative estimate of drug-likeness (QED) is 0.144. The minimum atomic E-state index is -1.23. The fourth-order valence-corrected chi connectivity index (χ4v) is 1.64. The van der Waals surface area contributed by atoms with Crippen molar-refractivity contribution in [1.82, 2.24) is 16.4 Å². The lowest BCUT2D eigenvalue weighted by Crippen LogP contribution is -2.56. The van der Waals surface area contributed by atoms with Gasteiger partial charge in [0, 0.05) is 12.8 Å². The first kappa shape index (κ1) is 20.8. The molecule has 2 atom stereocenters. The van der Waals surface area contributed by atoms with Gasteiger partial charge in [0.25, 0.3) is 0 Å². The Hall–Kier alpha value is -2.24. The molecular weight excluding hydrogens is 312 g/mol. The molecule has 11 nitrogen and oxygen atoms in total. The van der Waals surface area contributed by atoms with E-state index in [1.807, 2.05) is 0 Å². The second-order valence-electron chi connectivity index (χ2n) is 4.84. The lowest BCUT2D eigenvalue weighted by molar-refractivity contribution is -0.140. The first-order chi connectivity index (χ1) is 10.7. The Labute approximate surface area is 132 Å². The molecule has 0 heterocycles. The van der Waals surface area contributed by atoms with E-state index >= 15 is 0 Å². The zero-order chi connectivity index (χ0) is 17.8. The number of carbonyl (C=O) groups excluding carboxylic acids is 1. The molecule has 8 N–H and O–H groups in total. The normalized spacial score (nSPS) is 13.2. The highest BCUT2D eigenvalue weighted by Crippen LogP contribution is 2.04. The topological polar surface area (TPSA) is 191 Å². The summed E-state index contributed by atoms with van der Waals surface area (Å²) in [5.41, 5.74) is 12.0. The lowest BCUT2D eigenvalue weighted by atomic mass is 10.1. The maximum absolute atomic E-state index is 11.0. The van der Waals surface area contributed by atoms with E-state index in [4.69, 9.17) is 21.1 Å². The lowest BCUT2D eigenvalue weighted by Gasteiger charge is -2.19. The highest BCUT2D eigenvalue weighted by molar-refractivity contribution is 5.77. The van der Waals surface area contributed by atoms with Gasteiger partial charge in [0.15, 0.2) is 0 Å². The number of primary amides is 1. The third-order valence-electron chi connectivity index (χ3n) is 2.90. The van der Waals surface area contributed by atoms with Crippen LogP contribution in [0.3, 0.4) is 0 Å². The molecule has 1 amide bonds. The number of hydrogen-bond donors (Lipinski definition) is 7. The van der Waals surface area contributed by atoms with E-state index in [0.29, 0.717) is 12.8 Å². The molecule has 0 aliphatic rings. The Balaban J connectivity index is 4.18. The summed E-state index contributed by atoms with van der Waals surface area (Å²) in [6.07, 6.45) is 0.633. The van der Waals surface area contributed by atoms with E-state index in [1.165, 1.54) is 0 Å². The van der Waals surface area contributed by atoms with Crippen molar-refractivity contribution in [3.63, 3.8) is 0 Å². The summed E-state index contributed by atoms with van der Waals surface area (Å²) in [5.74, 6) is -4.00. The Bertz CT molecular complexity index is 430. The minimum absolute atomic E-state index is 0.0494. The summed E-state index contributed by atoms with van der Waals surface area (Å²) < 4.78 is 0. The molecule has 0 aromatic rings. The van der Waals surface area contributed by atoms with Crippen LogP contribution in [0.25, 0.3) is 0 Å². The molecule has 0 bridgehead atoms. The number of unbranched alkanes of at least 4 members (excludes halogenated alkanes) is 1. The molecule has 0 aromatic carbocycles. The third kappa shape index (κ3) is 11.0. The van der Waals surface area contributed by atoms with Gasteiger partial charge in [0.05, 0.1) is 0 Å². The van der Waals surface area contributed by atoms with Gasteiger partial charge >= 0.3 is 17.9 Å². The first-order valence-electron chi connectivity index (χ1n) is 6.95. The van der Waals surface area contributed by atoms with E-state index < -0.39 is 35.9 Å². The van der Waals surface area contributed by atoms with Crippen molar-refractivity contribution < 1.29 is 34.5 Å². The summed E-state index contributed by atoms with van der Waals surface area (Å²) in [6, 6.07) is -2.15. The average molecular weight is 334 g/mol. The molecule has 132 valence electrons. The van der Waals surface area contributed by atoms with Crippen molar-refractivity contribution in [3.8, 4) is 0 Å². The van der Waals surface area contributed by atoms with E-state index in [1.54, 1.807) is 0 Å². The van der Waals surface area contributed by atoms with Crippen molar-refractivity contribution in [3.05, 3.63) is 0 Å². The van der Waals surface area contributed by atoms with Crippen LogP contribution in [0.2, 0.25) is 0 Å². The number of carboxylic acids is 3. The Morgan fingerprint density at radius 3 is 1.78 bits per heavy atom. The molecule has 0 fully saturated rings. The minimum Gasteiger partial charge on any atom is -0.481 e. The molecule has 0 aliphatic carbocycles. The van der Waals surface area contributed by atoms with Gasteiger partial charge in [-0.2, -0.15) is 5.53 Å². The number of carbonyl (C=O) groups is 4. The zero-order valence-electron chi connectivity index (χ0n) is 12.4. The molecule has 0 saturated carbocycles. The van der Waals surface area contributed by atoms with Crippen molar-refractivity contribution >= 4 is 23.8 Å². The Morgan fingerprint density at radius 2 is 1.35 bits per heavy atom. The van der Waals surface area contributed by atoms with Crippen LogP contribution in [0.5, 0.6) is 0 Å². The number of hydrazine groups is 2. The van der Waals surface area contributed by atoms with Gasteiger partial charge in [-0.3, -0.25) is 19.2 Å². The number of aliphatic carboxylic acids is 3. The maximum Gasteiger partial charge on any atom is 0.322 e. The van der Waals surface area contributed by atoms with Gasteiger partial charge in [-0.1, -0.05) is 6.42 Å². The molecule has 0 radical (unpaired) electrons. The van der Waals surface area contributed by atoms with Gasteiger partial charge in [-0.15, -0.1) is 0 Å². The molecule has 0 saturated heterocycles. The largest absolute Gasteiger partial charge is 0.481 e. The van der Waals surface area contributed by atoms with E-state index in [2.05, 4.69) is 16.4 Å². The van der Waals surface area contributed by atoms with Crippen molar-refractivity contribution in [2.45, 2.75) is 50.6 Å². The van der Waals surface area contributed by atoms with Crippen molar-refractivity contribution in [2.75, 3.05) is 0 Å². The molecule has 0 rings (SSSR count). The highest BCUT2D eigenvalue weighted by Gasteiger charge is 2.20. The molecule has 0 spiro atoms. The number of rotatable bonds is 14. The van der Waals surface area contributed by atoms with Crippen molar-refractivity contribution in [2.24, 2.45) is 5.73 Å². The monoisotopic (exact) mass is 334 g/mol. The van der Waals surface area contributed by atoms with E-state index in [-0.39, 0.29) is 25.7 Å². The van der Waals surface area contributed by atoms with Crippen molar-refractivity contribution in [1.29, 1.82) is 0 Å². The number of hydrogen-bond acceptors (Lipinski definition) is 7. The number of carboxylic acid groups (broad SMARTS) is 3. The number of nitrogens with two attached hydrogens (primary N) is 1. The Kier molecular flexibility index (Phi) is 10.2. The second kappa shape index (κ2) is 11.3. The Morgan fingerprint density at radius 1 is 0.826 bits per heavy atom. The number of amides is 1. The highest BCUT2D eigenvalue weighted by atomic mass is 16.4. The standard InChI is InChI=1S/C12H22N4O7/c13-9(17)6-5-8(12(22)23)15-16-14-7(11(20)21)3-1-2-4-10(18)19/h7-8,14-16H,1-6H2,(H2,13,17)(H,18,19)(H,20,21)(H,22,23)/t7?,8-/m0/s1. The van der Waals surface area contributed by atoms with Crippen LogP contribution in [-0.4, -0.2) is 51.2 Å². The third-order valence-corrected chi connectivity index (χ3v) is 2.90. The molecule has 0 aliphatic heterocycles. The average Bonchev–Trinajstić information content (AvgIpc) is 2.43. The van der Waals surface area contributed by atoms with E-state index in [9.17, 15) is 19.2 Å². The zero-order valence-corrected chi connectivity index (χ0v) is 12.4. The van der Waals surface area contributed by atoms with Gasteiger partial charge < -0.3 is 21.1 Å². The van der Waals surface area contributed by atoms with Gasteiger partial charge in [0.2, 0.25) is 5.91 Å². The van der Waals surface area contributed by atoms with Gasteiger partial charge in [0.1, 0.15) is 12.1 Å². The summed E-state index contributed by atoms with van der Waals surface area (Å²) in [4.78, 5) is 43.0. The van der Waals surface area contributed by atoms with Crippen LogP contribution in [-0.2, 0) is 19.2 Å². The predicted octanol–water partition coefficient (Wildman–Crippen LogP) is -1.60. The molecule has 1 unspecified atom stereocenters. The molecule has 0 aromatic heterocycles. The second-order valence-corrected chi connectivity index (χ2v) is 4.84. The smallest absolute Gasteiger partial charge is 0.322 e. The van der Waals surface area contributed by atoms with Crippen LogP contribution in [0.4, 0.5) is 0 Å². The summed E-state index contributed by atoms with van der Waals surface area (Å²) in [5, 5.41) is 26.4. The van der Waals surface area contributed by atoms with Crippen LogP contribution >= 0.6 is 0 Å². The van der Waals surface area contributed by atoms with Crippen LogP contribution in [0.1, 0.15) is 38.5 Å².